The van der Waals surface area contributed by atoms with Crippen molar-refractivity contribution >= 4 is 10.9 Å². The highest BCUT2D eigenvalue weighted by molar-refractivity contribution is 5.79. The van der Waals surface area contributed by atoms with E-state index in [9.17, 15) is 5.11 Å². The molecule has 1 aromatic heterocycles. The van der Waals surface area contributed by atoms with Gasteiger partial charge in [0.25, 0.3) is 0 Å². The predicted molar refractivity (Wildman–Crippen MR) is 74.8 cm³/mol. The second-order valence-electron chi connectivity index (χ2n) is 5.86. The lowest BCUT2D eigenvalue weighted by molar-refractivity contribution is 0.218. The zero-order chi connectivity index (χ0) is 13.3. The first-order valence-electron chi connectivity index (χ1n) is 6.56. The van der Waals surface area contributed by atoms with Gasteiger partial charge in [0.2, 0.25) is 0 Å². The molecular weight excluding hydrogens is 224 g/mol. The van der Waals surface area contributed by atoms with E-state index in [2.05, 4.69) is 51.0 Å². The molecular formula is C15H22N2O. The monoisotopic (exact) mass is 246 g/mol. The first-order valence-corrected chi connectivity index (χ1v) is 6.56. The van der Waals surface area contributed by atoms with Crippen LogP contribution in [0.2, 0.25) is 0 Å². The lowest BCUT2D eigenvalue weighted by atomic mass is 9.87. The Kier molecular flexibility index (Phi) is 3.44. The molecule has 1 N–H and O–H groups in total. The molecule has 3 nitrogen and oxygen atoms in total. The molecule has 1 unspecified atom stereocenters. The average molecular weight is 246 g/mol. The van der Waals surface area contributed by atoms with Gasteiger partial charge in [-0.05, 0) is 23.5 Å². The van der Waals surface area contributed by atoms with Gasteiger partial charge < -0.3 is 5.11 Å². The molecule has 2 rings (SSSR count). The quantitative estimate of drug-likeness (QED) is 0.902. The van der Waals surface area contributed by atoms with E-state index in [0.29, 0.717) is 0 Å². The van der Waals surface area contributed by atoms with E-state index in [-0.39, 0.29) is 18.1 Å². The van der Waals surface area contributed by atoms with Gasteiger partial charge in [0, 0.05) is 5.39 Å². The molecule has 2 aromatic rings. The van der Waals surface area contributed by atoms with Gasteiger partial charge in [-0.25, -0.2) is 0 Å². The van der Waals surface area contributed by atoms with E-state index in [1.165, 1.54) is 5.56 Å². The summed E-state index contributed by atoms with van der Waals surface area (Å²) in [5, 5.41) is 15.0. The number of aliphatic hydroxyl groups is 1. The number of fused-ring (bicyclic) bond motifs is 1. The molecule has 0 aliphatic rings. The highest BCUT2D eigenvalue weighted by Crippen LogP contribution is 2.27. The molecule has 0 bridgehead atoms. The summed E-state index contributed by atoms with van der Waals surface area (Å²) in [7, 11) is 0. The van der Waals surface area contributed by atoms with Gasteiger partial charge in [-0.1, -0.05) is 39.8 Å². The van der Waals surface area contributed by atoms with E-state index in [4.69, 9.17) is 0 Å². The number of rotatable bonds is 3. The van der Waals surface area contributed by atoms with Crippen LogP contribution in [-0.4, -0.2) is 21.5 Å². The summed E-state index contributed by atoms with van der Waals surface area (Å²) >= 11 is 0. The normalized spacial score (nSPS) is 14.1. The fraction of sp³-hybridized carbons (Fsp3) is 0.533. The van der Waals surface area contributed by atoms with E-state index in [1.807, 2.05) is 10.9 Å². The van der Waals surface area contributed by atoms with Gasteiger partial charge in [-0.2, -0.15) is 5.10 Å². The maximum atomic E-state index is 9.43. The molecule has 1 atom stereocenters. The minimum atomic E-state index is 0.0673. The standard InChI is InChI=1S/C15H22N2O/c1-5-13(10-18)17-14-8-12(15(2,3)4)7-6-11(14)9-16-17/h6-9,13,18H,5,10H2,1-4H3. The molecule has 0 saturated heterocycles. The maximum Gasteiger partial charge on any atom is 0.0754 e. The minimum absolute atomic E-state index is 0.0673. The van der Waals surface area contributed by atoms with Crippen molar-refractivity contribution in [1.82, 2.24) is 9.78 Å². The van der Waals surface area contributed by atoms with Crippen LogP contribution in [0.4, 0.5) is 0 Å². The largest absolute Gasteiger partial charge is 0.394 e. The Morgan fingerprint density at radius 3 is 2.61 bits per heavy atom. The Morgan fingerprint density at radius 2 is 2.06 bits per heavy atom. The second-order valence-corrected chi connectivity index (χ2v) is 5.86. The molecule has 1 heterocycles. The fourth-order valence-corrected chi connectivity index (χ4v) is 2.17. The molecule has 0 aliphatic carbocycles. The van der Waals surface area contributed by atoms with Crippen LogP contribution in [0, 0.1) is 0 Å². The van der Waals surface area contributed by atoms with E-state index >= 15 is 0 Å². The summed E-state index contributed by atoms with van der Waals surface area (Å²) in [6.07, 6.45) is 2.76. The Balaban J connectivity index is 2.56. The van der Waals surface area contributed by atoms with E-state index in [1.54, 1.807) is 0 Å². The summed E-state index contributed by atoms with van der Waals surface area (Å²) < 4.78 is 1.95. The zero-order valence-corrected chi connectivity index (χ0v) is 11.6. The summed E-state index contributed by atoms with van der Waals surface area (Å²) in [6.45, 7) is 8.82. The topological polar surface area (TPSA) is 38.0 Å². The molecule has 98 valence electrons. The first-order chi connectivity index (χ1) is 8.47. The Morgan fingerprint density at radius 1 is 1.33 bits per heavy atom. The number of nitrogens with zero attached hydrogens (tertiary/aromatic N) is 2. The molecule has 0 amide bonds. The van der Waals surface area contributed by atoms with E-state index in [0.717, 1.165) is 17.3 Å². The third-order valence-corrected chi connectivity index (χ3v) is 3.49. The van der Waals surface area contributed by atoms with Crippen LogP contribution < -0.4 is 0 Å². The molecule has 0 radical (unpaired) electrons. The van der Waals surface area contributed by atoms with Crippen molar-refractivity contribution in [3.8, 4) is 0 Å². The Bertz CT molecular complexity index is 533. The fourth-order valence-electron chi connectivity index (χ4n) is 2.17. The highest BCUT2D eigenvalue weighted by atomic mass is 16.3. The van der Waals surface area contributed by atoms with Crippen LogP contribution in [0.5, 0.6) is 0 Å². The zero-order valence-electron chi connectivity index (χ0n) is 11.6. The van der Waals surface area contributed by atoms with Crippen LogP contribution in [0.25, 0.3) is 10.9 Å². The number of aliphatic hydroxyl groups excluding tert-OH is 1. The van der Waals surface area contributed by atoms with Crippen LogP contribution in [0.15, 0.2) is 24.4 Å². The molecule has 0 fully saturated rings. The summed E-state index contributed by atoms with van der Waals surface area (Å²) in [4.78, 5) is 0. The van der Waals surface area contributed by atoms with Crippen molar-refractivity contribution < 1.29 is 5.11 Å². The number of aromatic nitrogens is 2. The Hall–Kier alpha value is -1.35. The van der Waals surface area contributed by atoms with Gasteiger partial charge in [-0.15, -0.1) is 0 Å². The second kappa shape index (κ2) is 4.73. The van der Waals surface area contributed by atoms with Gasteiger partial charge in [0.15, 0.2) is 0 Å². The number of hydrogen-bond donors (Lipinski definition) is 1. The lowest BCUT2D eigenvalue weighted by Crippen LogP contribution is -2.15. The molecule has 3 heteroatoms. The van der Waals surface area contributed by atoms with Crippen molar-refractivity contribution in [2.75, 3.05) is 6.61 Å². The summed E-state index contributed by atoms with van der Waals surface area (Å²) in [5.41, 5.74) is 2.54. The highest BCUT2D eigenvalue weighted by Gasteiger charge is 2.17. The summed E-state index contributed by atoms with van der Waals surface area (Å²) in [6, 6.07) is 6.54. The van der Waals surface area contributed by atoms with Gasteiger partial charge in [0.05, 0.1) is 24.4 Å². The first kappa shape index (κ1) is 13.1. The third kappa shape index (κ3) is 2.27. The van der Waals surface area contributed by atoms with Gasteiger partial charge in [0.1, 0.15) is 0 Å². The van der Waals surface area contributed by atoms with Gasteiger partial charge >= 0.3 is 0 Å². The van der Waals surface area contributed by atoms with Crippen molar-refractivity contribution in [1.29, 1.82) is 0 Å². The Labute approximate surface area is 108 Å². The molecule has 0 aliphatic heterocycles. The minimum Gasteiger partial charge on any atom is -0.394 e. The van der Waals surface area contributed by atoms with Crippen LogP contribution in [-0.2, 0) is 5.41 Å². The number of benzene rings is 1. The smallest absolute Gasteiger partial charge is 0.0754 e. The van der Waals surface area contributed by atoms with Crippen LogP contribution in [0.3, 0.4) is 0 Å². The maximum absolute atomic E-state index is 9.43. The third-order valence-electron chi connectivity index (χ3n) is 3.49. The van der Waals surface area contributed by atoms with Crippen molar-refractivity contribution in [3.63, 3.8) is 0 Å². The number of hydrogen-bond acceptors (Lipinski definition) is 2. The molecule has 0 spiro atoms. The molecule has 1 aromatic carbocycles. The predicted octanol–water partition coefficient (Wildman–Crippen LogP) is 3.28. The molecule has 18 heavy (non-hydrogen) atoms. The van der Waals surface area contributed by atoms with Crippen LogP contribution in [0.1, 0.15) is 45.7 Å². The van der Waals surface area contributed by atoms with Crippen LogP contribution >= 0.6 is 0 Å². The van der Waals surface area contributed by atoms with Gasteiger partial charge in [-0.3, -0.25) is 4.68 Å². The SMILES string of the molecule is CCC(CO)n1ncc2ccc(C(C)(C)C)cc21. The molecule has 0 saturated carbocycles. The van der Waals surface area contributed by atoms with Crippen molar-refractivity contribution in [2.24, 2.45) is 0 Å². The lowest BCUT2D eigenvalue weighted by Gasteiger charge is -2.20. The van der Waals surface area contributed by atoms with Crippen molar-refractivity contribution in [3.05, 3.63) is 30.0 Å². The van der Waals surface area contributed by atoms with Crippen molar-refractivity contribution in [2.45, 2.75) is 45.6 Å². The average Bonchev–Trinajstić information content (AvgIpc) is 2.73. The summed E-state index contributed by atoms with van der Waals surface area (Å²) in [5.74, 6) is 0. The van der Waals surface area contributed by atoms with E-state index < -0.39 is 0 Å².